The fraction of sp³-hybridized carbons (Fsp3) is 0.409. The Hall–Kier alpha value is -2.94. The molecular formula is C22H25N5O3S. The molecule has 0 radical (unpaired) electrons. The van der Waals surface area contributed by atoms with Crippen molar-refractivity contribution in [3.05, 3.63) is 63.5 Å². The average Bonchev–Trinajstić information content (AvgIpc) is 3.20. The second kappa shape index (κ2) is 9.47. The lowest BCUT2D eigenvalue weighted by atomic mass is 9.88. The molecule has 0 saturated carbocycles. The van der Waals surface area contributed by atoms with Crippen LogP contribution in [0.2, 0.25) is 0 Å². The number of aromatic nitrogens is 4. The van der Waals surface area contributed by atoms with E-state index in [9.17, 15) is 9.59 Å². The van der Waals surface area contributed by atoms with Crippen molar-refractivity contribution in [3.8, 4) is 11.5 Å². The van der Waals surface area contributed by atoms with Crippen LogP contribution in [0.1, 0.15) is 53.3 Å². The molecule has 162 valence electrons. The van der Waals surface area contributed by atoms with Crippen LogP contribution in [-0.4, -0.2) is 38.0 Å². The monoisotopic (exact) mass is 439 g/mol. The third-order valence-corrected chi connectivity index (χ3v) is 6.09. The fourth-order valence-electron chi connectivity index (χ4n) is 3.79. The molecule has 8 nitrogen and oxygen atoms in total. The third-order valence-electron chi connectivity index (χ3n) is 5.44. The van der Waals surface area contributed by atoms with Gasteiger partial charge in [0.15, 0.2) is 11.5 Å². The summed E-state index contributed by atoms with van der Waals surface area (Å²) in [4.78, 5) is 37.0. The Morgan fingerprint density at radius 2 is 2.29 bits per heavy atom. The number of hydrogen-bond acceptors (Lipinski definition) is 7. The molecule has 0 aliphatic heterocycles. The van der Waals surface area contributed by atoms with Crippen LogP contribution < -0.4 is 10.9 Å². The maximum absolute atomic E-state index is 13.1. The van der Waals surface area contributed by atoms with Gasteiger partial charge in [-0.15, -0.1) is 0 Å². The average molecular weight is 440 g/mol. The van der Waals surface area contributed by atoms with E-state index >= 15 is 0 Å². The first kappa shape index (κ1) is 21.3. The van der Waals surface area contributed by atoms with Crippen LogP contribution in [0.3, 0.4) is 0 Å². The van der Waals surface area contributed by atoms with Crippen LogP contribution in [0, 0.1) is 5.92 Å². The quantitative estimate of drug-likeness (QED) is 0.581. The Morgan fingerprint density at radius 3 is 3.06 bits per heavy atom. The van der Waals surface area contributed by atoms with E-state index in [0.29, 0.717) is 35.2 Å². The predicted octanol–water partition coefficient (Wildman–Crippen LogP) is 3.17. The fourth-order valence-corrected chi connectivity index (χ4v) is 4.26. The molecule has 0 aromatic carbocycles. The van der Waals surface area contributed by atoms with Crippen LogP contribution >= 0.6 is 11.8 Å². The highest BCUT2D eigenvalue weighted by atomic mass is 32.2. The summed E-state index contributed by atoms with van der Waals surface area (Å²) in [6, 6.07) is 6.40. The first-order valence-electron chi connectivity index (χ1n) is 10.3. The molecule has 3 aromatic rings. The first-order valence-corrected chi connectivity index (χ1v) is 11.7. The van der Waals surface area contributed by atoms with Crippen LogP contribution in [0.15, 0.2) is 39.8 Å². The minimum absolute atomic E-state index is 0.290. The van der Waals surface area contributed by atoms with E-state index in [2.05, 4.69) is 32.3 Å². The lowest BCUT2D eigenvalue weighted by Crippen LogP contribution is -2.32. The largest absolute Gasteiger partial charge is 0.360 e. The van der Waals surface area contributed by atoms with Crippen LogP contribution in [0.25, 0.3) is 11.5 Å². The first-order chi connectivity index (χ1) is 15.0. The van der Waals surface area contributed by atoms with Gasteiger partial charge in [0.25, 0.3) is 11.5 Å². The van der Waals surface area contributed by atoms with Gasteiger partial charge in [-0.2, -0.15) is 11.8 Å². The van der Waals surface area contributed by atoms with Gasteiger partial charge in [-0.05, 0) is 49.3 Å². The predicted molar refractivity (Wildman–Crippen MR) is 119 cm³/mol. The van der Waals surface area contributed by atoms with Gasteiger partial charge >= 0.3 is 0 Å². The summed E-state index contributed by atoms with van der Waals surface area (Å²) < 4.78 is 5.43. The molecule has 1 aliphatic rings. The number of pyridine rings is 1. The minimum Gasteiger partial charge on any atom is -0.360 e. The van der Waals surface area contributed by atoms with E-state index in [1.165, 1.54) is 6.07 Å². The summed E-state index contributed by atoms with van der Waals surface area (Å²) in [7, 11) is 0. The van der Waals surface area contributed by atoms with E-state index in [4.69, 9.17) is 4.52 Å². The standard InChI is InChI=1S/C22H25N5O3S/c1-13-6-7-18-14(11-13)20(27-30-18)22(29)25-15(8-10-31-2)17-12-19(28)26-21(24-17)16-5-3-4-9-23-16/h3-5,9,12-13,15H,6-8,10-11H2,1-2H3,(H,25,29)(H,24,26,28)/t13-,15-/m0/s1. The van der Waals surface area contributed by atoms with Crippen LogP contribution in [0.4, 0.5) is 0 Å². The topological polar surface area (TPSA) is 114 Å². The van der Waals surface area contributed by atoms with E-state index in [-0.39, 0.29) is 11.5 Å². The molecule has 2 N–H and O–H groups in total. The lowest BCUT2D eigenvalue weighted by molar-refractivity contribution is 0.0925. The SMILES string of the molecule is CSCC[C@H](NC(=O)c1noc2c1C[C@@H](C)CC2)c1cc(=O)[nH]c(-c2ccccn2)n1. The minimum atomic E-state index is -0.432. The molecule has 4 rings (SSSR count). The zero-order valence-electron chi connectivity index (χ0n) is 17.6. The second-order valence-electron chi connectivity index (χ2n) is 7.82. The Morgan fingerprint density at radius 1 is 1.42 bits per heavy atom. The zero-order valence-corrected chi connectivity index (χ0v) is 18.4. The van der Waals surface area contributed by atoms with Crippen molar-refractivity contribution in [3.63, 3.8) is 0 Å². The molecule has 3 aromatic heterocycles. The molecule has 0 unspecified atom stereocenters. The van der Waals surface area contributed by atoms with Gasteiger partial charge < -0.3 is 14.8 Å². The van der Waals surface area contributed by atoms with Gasteiger partial charge in [0.1, 0.15) is 11.5 Å². The molecule has 31 heavy (non-hydrogen) atoms. The molecule has 0 bridgehead atoms. The van der Waals surface area contributed by atoms with Crippen molar-refractivity contribution < 1.29 is 9.32 Å². The third kappa shape index (κ3) is 4.87. The normalized spacial score (nSPS) is 16.5. The lowest BCUT2D eigenvalue weighted by Gasteiger charge is -2.19. The summed E-state index contributed by atoms with van der Waals surface area (Å²) in [5.74, 6) is 2.16. The summed E-state index contributed by atoms with van der Waals surface area (Å²) in [5.41, 5.74) is 2.01. The van der Waals surface area contributed by atoms with Gasteiger partial charge in [0.2, 0.25) is 0 Å². The summed E-state index contributed by atoms with van der Waals surface area (Å²) in [6.07, 6.45) is 6.89. The number of carbonyl (C=O) groups is 1. The number of amides is 1. The van der Waals surface area contributed by atoms with E-state index < -0.39 is 6.04 Å². The highest BCUT2D eigenvalue weighted by Gasteiger charge is 2.28. The van der Waals surface area contributed by atoms with Crippen LogP contribution in [-0.2, 0) is 12.8 Å². The summed E-state index contributed by atoms with van der Waals surface area (Å²) in [6.45, 7) is 2.16. The number of nitrogens with one attached hydrogen (secondary N) is 2. The van der Waals surface area contributed by atoms with Gasteiger partial charge in [-0.25, -0.2) is 4.98 Å². The summed E-state index contributed by atoms with van der Waals surface area (Å²) in [5, 5.41) is 7.08. The van der Waals surface area contributed by atoms with Crippen molar-refractivity contribution in [1.29, 1.82) is 0 Å². The molecular weight excluding hydrogens is 414 g/mol. The number of carbonyl (C=O) groups excluding carboxylic acids is 1. The summed E-state index contributed by atoms with van der Waals surface area (Å²) >= 11 is 1.67. The number of rotatable bonds is 7. The molecule has 0 saturated heterocycles. The molecule has 9 heteroatoms. The maximum atomic E-state index is 13.1. The molecule has 1 amide bonds. The number of hydrogen-bond donors (Lipinski definition) is 2. The van der Waals surface area contributed by atoms with Gasteiger partial charge in [0.05, 0.1) is 11.7 Å². The number of thioether (sulfide) groups is 1. The smallest absolute Gasteiger partial charge is 0.274 e. The molecule has 0 spiro atoms. The number of aromatic amines is 1. The highest BCUT2D eigenvalue weighted by Crippen LogP contribution is 2.28. The van der Waals surface area contributed by atoms with Crippen LogP contribution in [0.5, 0.6) is 0 Å². The van der Waals surface area contributed by atoms with E-state index in [1.807, 2.05) is 12.3 Å². The second-order valence-corrected chi connectivity index (χ2v) is 8.81. The molecule has 1 aliphatic carbocycles. The molecule has 3 heterocycles. The van der Waals surface area contributed by atoms with Crippen molar-refractivity contribution >= 4 is 17.7 Å². The van der Waals surface area contributed by atoms with E-state index in [1.54, 1.807) is 30.1 Å². The number of H-pyrrole nitrogens is 1. The van der Waals surface area contributed by atoms with Crippen molar-refractivity contribution in [2.45, 2.75) is 38.6 Å². The number of aryl methyl sites for hydroxylation is 1. The van der Waals surface area contributed by atoms with Crippen molar-refractivity contribution in [2.24, 2.45) is 5.92 Å². The van der Waals surface area contributed by atoms with Crippen molar-refractivity contribution in [1.82, 2.24) is 25.4 Å². The highest BCUT2D eigenvalue weighted by molar-refractivity contribution is 7.98. The number of nitrogens with zero attached hydrogens (tertiary/aromatic N) is 3. The Kier molecular flexibility index (Phi) is 6.50. The van der Waals surface area contributed by atoms with Crippen molar-refractivity contribution in [2.75, 3.05) is 12.0 Å². The Labute approximate surface area is 184 Å². The Balaban J connectivity index is 1.63. The van der Waals surface area contributed by atoms with E-state index in [0.717, 1.165) is 36.3 Å². The molecule has 0 fully saturated rings. The maximum Gasteiger partial charge on any atom is 0.274 e. The molecule has 2 atom stereocenters. The van der Waals surface area contributed by atoms with Gasteiger partial charge in [-0.3, -0.25) is 14.6 Å². The van der Waals surface area contributed by atoms with Gasteiger partial charge in [0, 0.05) is 24.2 Å². The number of fused-ring (bicyclic) bond motifs is 1. The van der Waals surface area contributed by atoms with Gasteiger partial charge in [-0.1, -0.05) is 18.1 Å². The zero-order chi connectivity index (χ0) is 21.8. The Bertz CT molecular complexity index is 1110.